The number of amides is 1. The molecular weight excluding hydrogens is 274 g/mol. The van der Waals surface area contributed by atoms with E-state index in [-0.39, 0.29) is 18.1 Å². The Hall–Kier alpha value is -2.00. The molecule has 0 aromatic heterocycles. The van der Waals surface area contributed by atoms with E-state index in [1.54, 1.807) is 18.2 Å². The van der Waals surface area contributed by atoms with Crippen molar-refractivity contribution >= 4 is 17.5 Å². The van der Waals surface area contributed by atoms with E-state index in [9.17, 15) is 9.90 Å². The monoisotopic (exact) mass is 289 g/mol. The van der Waals surface area contributed by atoms with Crippen LogP contribution in [0.25, 0.3) is 0 Å². The van der Waals surface area contributed by atoms with E-state index >= 15 is 0 Å². The number of aromatic hydroxyl groups is 1. The zero-order valence-corrected chi connectivity index (χ0v) is 11.7. The average Bonchev–Trinajstić information content (AvgIpc) is 2.46. The van der Waals surface area contributed by atoms with Crippen LogP contribution < -0.4 is 5.32 Å². The molecule has 2 aromatic rings. The summed E-state index contributed by atoms with van der Waals surface area (Å²) in [6.07, 6.45) is 0.258. The fourth-order valence-corrected chi connectivity index (χ4v) is 2.04. The van der Waals surface area contributed by atoms with Gasteiger partial charge in [-0.1, -0.05) is 36.4 Å². The van der Waals surface area contributed by atoms with Gasteiger partial charge in [-0.2, -0.15) is 0 Å². The van der Waals surface area contributed by atoms with E-state index in [0.717, 1.165) is 16.7 Å². The number of nitrogens with one attached hydrogen (secondary N) is 1. The van der Waals surface area contributed by atoms with Crippen molar-refractivity contribution in [2.75, 3.05) is 0 Å². The number of carbonyl (C=O) groups excluding carboxylic acids is 1. The minimum Gasteiger partial charge on any atom is -0.508 e. The summed E-state index contributed by atoms with van der Waals surface area (Å²) in [4.78, 5) is 11.8. The van der Waals surface area contributed by atoms with Gasteiger partial charge in [0, 0.05) is 12.4 Å². The van der Waals surface area contributed by atoms with Gasteiger partial charge in [-0.3, -0.25) is 4.79 Å². The Morgan fingerprint density at radius 1 is 1.05 bits per heavy atom. The molecule has 104 valence electrons. The summed E-state index contributed by atoms with van der Waals surface area (Å²) >= 11 is 5.72. The van der Waals surface area contributed by atoms with E-state index in [1.165, 1.54) is 0 Å². The maximum absolute atomic E-state index is 11.8. The van der Waals surface area contributed by atoms with Crippen molar-refractivity contribution in [1.29, 1.82) is 0 Å². The Morgan fingerprint density at radius 2 is 1.75 bits per heavy atom. The van der Waals surface area contributed by atoms with Gasteiger partial charge < -0.3 is 10.4 Å². The van der Waals surface area contributed by atoms with Gasteiger partial charge in [-0.15, -0.1) is 11.6 Å². The molecule has 0 atom stereocenters. The standard InChI is InChI=1S/C16H16ClNO2/c17-10-12-4-6-13(7-5-12)11-18-16(20)9-14-2-1-3-15(19)8-14/h1-8,19H,9-11H2,(H,18,20). The largest absolute Gasteiger partial charge is 0.508 e. The molecule has 20 heavy (non-hydrogen) atoms. The molecule has 0 unspecified atom stereocenters. The van der Waals surface area contributed by atoms with Crippen molar-refractivity contribution in [3.63, 3.8) is 0 Å². The molecule has 0 saturated heterocycles. The van der Waals surface area contributed by atoms with Gasteiger partial charge in [-0.25, -0.2) is 0 Å². The molecule has 2 N–H and O–H groups in total. The van der Waals surface area contributed by atoms with Crippen molar-refractivity contribution in [3.05, 3.63) is 65.2 Å². The number of phenolic OH excluding ortho intramolecular Hbond substituents is 1. The molecule has 0 aliphatic rings. The summed E-state index contributed by atoms with van der Waals surface area (Å²) in [5, 5.41) is 12.2. The van der Waals surface area contributed by atoms with Gasteiger partial charge in [-0.05, 0) is 28.8 Å². The summed E-state index contributed by atoms with van der Waals surface area (Å²) < 4.78 is 0. The van der Waals surface area contributed by atoms with E-state index in [4.69, 9.17) is 11.6 Å². The lowest BCUT2D eigenvalue weighted by Crippen LogP contribution is -2.24. The van der Waals surface area contributed by atoms with Crippen LogP contribution in [0, 0.1) is 0 Å². The van der Waals surface area contributed by atoms with Gasteiger partial charge in [0.25, 0.3) is 0 Å². The van der Waals surface area contributed by atoms with Crippen LogP contribution in [0.2, 0.25) is 0 Å². The summed E-state index contributed by atoms with van der Waals surface area (Å²) in [6.45, 7) is 0.486. The van der Waals surface area contributed by atoms with Gasteiger partial charge in [0.05, 0.1) is 6.42 Å². The van der Waals surface area contributed by atoms with E-state index in [0.29, 0.717) is 12.4 Å². The third-order valence-corrected chi connectivity index (χ3v) is 3.25. The van der Waals surface area contributed by atoms with Crippen LogP contribution in [0.4, 0.5) is 0 Å². The van der Waals surface area contributed by atoms with Crippen LogP contribution in [-0.2, 0) is 23.6 Å². The summed E-state index contributed by atoms with van der Waals surface area (Å²) in [6, 6.07) is 14.5. The second-order valence-electron chi connectivity index (χ2n) is 4.57. The Morgan fingerprint density at radius 3 is 2.40 bits per heavy atom. The first-order chi connectivity index (χ1) is 9.67. The predicted molar refractivity (Wildman–Crippen MR) is 79.7 cm³/mol. The molecule has 1 amide bonds. The molecule has 4 heteroatoms. The van der Waals surface area contributed by atoms with E-state index in [1.807, 2.05) is 30.3 Å². The quantitative estimate of drug-likeness (QED) is 0.832. The van der Waals surface area contributed by atoms with Crippen molar-refractivity contribution in [3.8, 4) is 5.75 Å². The zero-order valence-electron chi connectivity index (χ0n) is 11.0. The number of hydrogen-bond acceptors (Lipinski definition) is 2. The molecule has 2 aromatic carbocycles. The average molecular weight is 290 g/mol. The smallest absolute Gasteiger partial charge is 0.224 e. The molecule has 0 radical (unpaired) electrons. The highest BCUT2D eigenvalue weighted by atomic mass is 35.5. The number of phenols is 1. The second kappa shape index (κ2) is 6.96. The Bertz CT molecular complexity index is 581. The van der Waals surface area contributed by atoms with Crippen molar-refractivity contribution in [1.82, 2.24) is 5.32 Å². The number of alkyl halides is 1. The second-order valence-corrected chi connectivity index (χ2v) is 4.84. The molecule has 0 bridgehead atoms. The lowest BCUT2D eigenvalue weighted by molar-refractivity contribution is -0.120. The normalized spacial score (nSPS) is 10.2. The minimum absolute atomic E-state index is 0.0722. The van der Waals surface area contributed by atoms with Crippen molar-refractivity contribution < 1.29 is 9.90 Å². The van der Waals surface area contributed by atoms with Gasteiger partial charge in [0.1, 0.15) is 5.75 Å². The number of halogens is 1. The molecule has 0 heterocycles. The molecule has 3 nitrogen and oxygen atoms in total. The predicted octanol–water partition coefficient (Wildman–Crippen LogP) is 2.99. The molecule has 0 saturated carbocycles. The van der Waals surface area contributed by atoms with Gasteiger partial charge in [0.2, 0.25) is 5.91 Å². The molecule has 0 aliphatic heterocycles. The Kier molecular flexibility index (Phi) is 5.02. The number of carbonyl (C=O) groups is 1. The van der Waals surface area contributed by atoms with Crippen LogP contribution in [0.15, 0.2) is 48.5 Å². The Balaban J connectivity index is 1.85. The summed E-state index contributed by atoms with van der Waals surface area (Å²) in [5.74, 6) is 0.591. The lowest BCUT2D eigenvalue weighted by Gasteiger charge is -2.06. The first-order valence-corrected chi connectivity index (χ1v) is 6.89. The van der Waals surface area contributed by atoms with E-state index < -0.39 is 0 Å². The molecule has 2 rings (SSSR count). The number of benzene rings is 2. The summed E-state index contributed by atoms with van der Waals surface area (Å²) in [7, 11) is 0. The van der Waals surface area contributed by atoms with Crippen LogP contribution >= 0.6 is 11.6 Å². The molecular formula is C16H16ClNO2. The topological polar surface area (TPSA) is 49.3 Å². The number of hydrogen-bond donors (Lipinski definition) is 2. The minimum atomic E-state index is -0.0722. The third kappa shape index (κ3) is 4.28. The van der Waals surface area contributed by atoms with Gasteiger partial charge in [0.15, 0.2) is 0 Å². The van der Waals surface area contributed by atoms with Crippen LogP contribution in [-0.4, -0.2) is 11.0 Å². The lowest BCUT2D eigenvalue weighted by atomic mass is 10.1. The van der Waals surface area contributed by atoms with Crippen molar-refractivity contribution in [2.45, 2.75) is 18.8 Å². The molecule has 0 fully saturated rings. The maximum atomic E-state index is 11.8. The molecule has 0 aliphatic carbocycles. The first kappa shape index (κ1) is 14.4. The number of rotatable bonds is 5. The zero-order chi connectivity index (χ0) is 14.4. The fraction of sp³-hybridized carbons (Fsp3) is 0.188. The first-order valence-electron chi connectivity index (χ1n) is 6.36. The van der Waals surface area contributed by atoms with Gasteiger partial charge >= 0.3 is 0 Å². The highest BCUT2D eigenvalue weighted by Crippen LogP contribution is 2.11. The third-order valence-electron chi connectivity index (χ3n) is 2.94. The fourth-order valence-electron chi connectivity index (χ4n) is 1.86. The van der Waals surface area contributed by atoms with Crippen LogP contribution in [0.1, 0.15) is 16.7 Å². The maximum Gasteiger partial charge on any atom is 0.224 e. The Labute approximate surface area is 123 Å². The SMILES string of the molecule is O=C(Cc1cccc(O)c1)NCc1ccc(CCl)cc1. The highest BCUT2D eigenvalue weighted by molar-refractivity contribution is 6.17. The van der Waals surface area contributed by atoms with Crippen LogP contribution in [0.3, 0.4) is 0 Å². The molecule has 0 spiro atoms. The van der Waals surface area contributed by atoms with Crippen LogP contribution in [0.5, 0.6) is 5.75 Å². The summed E-state index contributed by atoms with van der Waals surface area (Å²) in [5.41, 5.74) is 2.88. The van der Waals surface area contributed by atoms with E-state index in [2.05, 4.69) is 5.32 Å². The van der Waals surface area contributed by atoms with Crippen molar-refractivity contribution in [2.24, 2.45) is 0 Å². The highest BCUT2D eigenvalue weighted by Gasteiger charge is 2.04.